The summed E-state index contributed by atoms with van der Waals surface area (Å²) in [6.07, 6.45) is 5.33. The molecular weight excluding hydrogens is 380 g/mol. The number of aromatic nitrogens is 2. The van der Waals surface area contributed by atoms with E-state index in [1.807, 2.05) is 0 Å². The largest absolute Gasteiger partial charge is 0.478 e. The van der Waals surface area contributed by atoms with Gasteiger partial charge in [0.25, 0.3) is 10.2 Å². The number of carbonyl (C=O) groups is 1. The van der Waals surface area contributed by atoms with Crippen LogP contribution in [0.3, 0.4) is 0 Å². The van der Waals surface area contributed by atoms with Gasteiger partial charge in [-0.1, -0.05) is 18.2 Å². The minimum atomic E-state index is -3.45. The number of piperidine rings is 1. The van der Waals surface area contributed by atoms with Gasteiger partial charge >= 0.3 is 5.97 Å². The van der Waals surface area contributed by atoms with Gasteiger partial charge in [0.15, 0.2) is 0 Å². The zero-order chi connectivity index (χ0) is 20.3. The number of carboxylic acid groups (broad SMARTS) is 1. The molecule has 0 saturated carbocycles. The lowest BCUT2D eigenvalue weighted by Crippen LogP contribution is -2.45. The average molecular weight is 404 g/mol. The highest BCUT2D eigenvalue weighted by atomic mass is 32.2. The van der Waals surface area contributed by atoms with Gasteiger partial charge in [0.1, 0.15) is 0 Å². The Morgan fingerprint density at radius 2 is 1.96 bits per heavy atom. The summed E-state index contributed by atoms with van der Waals surface area (Å²) in [6.45, 7) is 0.920. The third-order valence-electron chi connectivity index (χ3n) is 4.94. The first-order valence-electron chi connectivity index (χ1n) is 9.11. The Morgan fingerprint density at radius 3 is 2.68 bits per heavy atom. The molecule has 1 saturated heterocycles. The molecule has 150 valence electrons. The molecule has 1 atom stereocenters. The highest BCUT2D eigenvalue weighted by Gasteiger charge is 2.31. The van der Waals surface area contributed by atoms with Crippen LogP contribution in [0.15, 0.2) is 36.7 Å². The Labute approximate surface area is 165 Å². The van der Waals surface area contributed by atoms with Crippen LogP contribution in [-0.2, 0) is 16.6 Å². The van der Waals surface area contributed by atoms with Crippen LogP contribution in [-0.4, -0.2) is 65.3 Å². The fourth-order valence-corrected chi connectivity index (χ4v) is 4.75. The predicted molar refractivity (Wildman–Crippen MR) is 105 cm³/mol. The summed E-state index contributed by atoms with van der Waals surface area (Å²) in [6, 6.07) is 6.71. The first kappa shape index (κ1) is 20.4. The van der Waals surface area contributed by atoms with Crippen LogP contribution in [0.4, 0.5) is 0 Å². The molecule has 1 fully saturated rings. The number of hydrogen-bond donors (Lipinski definition) is 1. The average Bonchev–Trinajstić information content (AvgIpc) is 2.68. The minimum Gasteiger partial charge on any atom is -0.478 e. The van der Waals surface area contributed by atoms with E-state index in [9.17, 15) is 18.3 Å². The van der Waals surface area contributed by atoms with Crippen molar-refractivity contribution >= 4 is 16.2 Å². The lowest BCUT2D eigenvalue weighted by Gasteiger charge is -2.33. The van der Waals surface area contributed by atoms with Gasteiger partial charge in [-0.05, 0) is 31.2 Å². The van der Waals surface area contributed by atoms with Gasteiger partial charge in [-0.3, -0.25) is 9.97 Å². The molecule has 0 amide bonds. The Morgan fingerprint density at radius 1 is 1.25 bits per heavy atom. The molecule has 8 nitrogen and oxygen atoms in total. The molecule has 0 bridgehead atoms. The van der Waals surface area contributed by atoms with Crippen LogP contribution < -0.4 is 0 Å². The van der Waals surface area contributed by atoms with E-state index in [1.165, 1.54) is 22.7 Å². The molecule has 1 N–H and O–H groups in total. The van der Waals surface area contributed by atoms with E-state index in [1.54, 1.807) is 36.7 Å². The first-order chi connectivity index (χ1) is 13.3. The number of benzene rings is 1. The van der Waals surface area contributed by atoms with E-state index in [0.717, 1.165) is 12.8 Å². The molecule has 0 spiro atoms. The molecular formula is C19H24N4O4S. The van der Waals surface area contributed by atoms with E-state index in [4.69, 9.17) is 0 Å². The molecule has 9 heteroatoms. The number of rotatable bonds is 6. The van der Waals surface area contributed by atoms with Crippen molar-refractivity contribution in [3.8, 4) is 11.3 Å². The fraction of sp³-hybridized carbons (Fsp3) is 0.421. The molecule has 2 heterocycles. The van der Waals surface area contributed by atoms with Crippen molar-refractivity contribution in [2.45, 2.75) is 19.3 Å². The van der Waals surface area contributed by atoms with Gasteiger partial charge < -0.3 is 5.11 Å². The second-order valence-corrected chi connectivity index (χ2v) is 9.21. The summed E-state index contributed by atoms with van der Waals surface area (Å²) < 4.78 is 27.6. The van der Waals surface area contributed by atoms with Gasteiger partial charge in [0, 0.05) is 45.1 Å². The Hall–Kier alpha value is -2.36. The van der Waals surface area contributed by atoms with Gasteiger partial charge in [-0.25, -0.2) is 4.79 Å². The third-order valence-corrected chi connectivity index (χ3v) is 6.85. The number of hydrogen-bond acceptors (Lipinski definition) is 5. The molecule has 28 heavy (non-hydrogen) atoms. The van der Waals surface area contributed by atoms with Gasteiger partial charge in [0.05, 0.1) is 17.0 Å². The summed E-state index contributed by atoms with van der Waals surface area (Å²) in [5.74, 6) is -0.927. The summed E-state index contributed by atoms with van der Waals surface area (Å²) in [5, 5.41) is 9.49. The Kier molecular flexibility index (Phi) is 6.07. The van der Waals surface area contributed by atoms with Crippen molar-refractivity contribution in [2.75, 3.05) is 27.2 Å². The summed E-state index contributed by atoms with van der Waals surface area (Å²) in [4.78, 5) is 20.4. The maximum Gasteiger partial charge on any atom is 0.336 e. The van der Waals surface area contributed by atoms with Crippen molar-refractivity contribution < 1.29 is 18.3 Å². The van der Waals surface area contributed by atoms with E-state index in [2.05, 4.69) is 9.97 Å². The molecule has 1 aliphatic heterocycles. The zero-order valence-electron chi connectivity index (χ0n) is 15.9. The van der Waals surface area contributed by atoms with Crippen LogP contribution in [0.25, 0.3) is 11.3 Å². The van der Waals surface area contributed by atoms with Crippen molar-refractivity contribution in [3.63, 3.8) is 0 Å². The first-order valence-corrected chi connectivity index (χ1v) is 10.5. The lowest BCUT2D eigenvalue weighted by molar-refractivity contribution is 0.0697. The van der Waals surface area contributed by atoms with Crippen LogP contribution in [0.1, 0.15) is 28.9 Å². The minimum absolute atomic E-state index is 0.0934. The van der Waals surface area contributed by atoms with Gasteiger partial charge in [0.2, 0.25) is 0 Å². The summed E-state index contributed by atoms with van der Waals surface area (Å²) >= 11 is 0. The molecule has 1 aromatic heterocycles. The van der Waals surface area contributed by atoms with E-state index >= 15 is 0 Å². The van der Waals surface area contributed by atoms with E-state index in [0.29, 0.717) is 36.5 Å². The second-order valence-electron chi connectivity index (χ2n) is 7.06. The maximum atomic E-state index is 12.5. The molecule has 0 unspecified atom stereocenters. The normalized spacial score (nSPS) is 18.3. The highest BCUT2D eigenvalue weighted by molar-refractivity contribution is 7.86. The van der Waals surface area contributed by atoms with Crippen molar-refractivity contribution in [1.82, 2.24) is 18.6 Å². The number of nitrogens with zero attached hydrogens (tertiary/aromatic N) is 4. The molecule has 1 aromatic carbocycles. The fourth-order valence-electron chi connectivity index (χ4n) is 3.52. The van der Waals surface area contributed by atoms with Crippen molar-refractivity contribution in [3.05, 3.63) is 47.9 Å². The highest BCUT2D eigenvalue weighted by Crippen LogP contribution is 2.28. The Balaban J connectivity index is 1.88. The topological polar surface area (TPSA) is 104 Å². The van der Waals surface area contributed by atoms with E-state index < -0.39 is 16.2 Å². The Bertz CT molecular complexity index is 962. The number of aromatic carboxylic acids is 1. The SMILES string of the molecule is CN(C)S(=O)(=O)N1CCC[C@@H](Cc2nccnc2-c2ccccc2C(=O)O)C1. The molecule has 0 aliphatic carbocycles. The monoisotopic (exact) mass is 404 g/mol. The summed E-state index contributed by atoms with van der Waals surface area (Å²) in [5.41, 5.74) is 1.91. The van der Waals surface area contributed by atoms with Crippen LogP contribution in [0.2, 0.25) is 0 Å². The van der Waals surface area contributed by atoms with Crippen molar-refractivity contribution in [2.24, 2.45) is 5.92 Å². The van der Waals surface area contributed by atoms with Crippen molar-refractivity contribution in [1.29, 1.82) is 0 Å². The van der Waals surface area contributed by atoms with Crippen LogP contribution in [0.5, 0.6) is 0 Å². The molecule has 3 rings (SSSR count). The second kappa shape index (κ2) is 8.34. The zero-order valence-corrected chi connectivity index (χ0v) is 16.8. The smallest absolute Gasteiger partial charge is 0.336 e. The van der Waals surface area contributed by atoms with E-state index in [-0.39, 0.29) is 11.5 Å². The lowest BCUT2D eigenvalue weighted by atomic mass is 9.92. The summed E-state index contributed by atoms with van der Waals surface area (Å²) in [7, 11) is -0.392. The van der Waals surface area contributed by atoms with Crippen LogP contribution >= 0.6 is 0 Å². The maximum absolute atomic E-state index is 12.5. The standard InChI is InChI=1S/C19H24N4O4S/c1-22(2)28(26,27)23-11-5-6-14(13-23)12-17-18(21-10-9-20-17)15-7-3-4-8-16(15)19(24)25/h3-4,7-10,14H,5-6,11-13H2,1-2H3,(H,24,25)/t14-/m0/s1. The predicted octanol–water partition coefficient (Wildman–Crippen LogP) is 1.90. The molecule has 0 radical (unpaired) electrons. The third kappa shape index (κ3) is 4.21. The van der Waals surface area contributed by atoms with Gasteiger partial charge in [-0.15, -0.1) is 0 Å². The molecule has 1 aliphatic rings. The quantitative estimate of drug-likeness (QED) is 0.789. The number of carboxylic acids is 1. The molecule has 2 aromatic rings. The van der Waals surface area contributed by atoms with Crippen LogP contribution in [0, 0.1) is 5.92 Å². The van der Waals surface area contributed by atoms with Gasteiger partial charge in [-0.2, -0.15) is 17.0 Å².